The average Bonchev–Trinajstić information content (AvgIpc) is 1.56. The number of carbonyl (C=O) groups is 12. The molecular formula is C63H103N22O15+. The van der Waals surface area contributed by atoms with Gasteiger partial charge in [0.1, 0.15) is 79.9 Å². The summed E-state index contributed by atoms with van der Waals surface area (Å²) in [5.74, 6) is -10.1. The number of nitrogens with zero attached hydrogens (tertiary/aromatic N) is 2. The van der Waals surface area contributed by atoms with Gasteiger partial charge in [0.2, 0.25) is 59.1 Å². The molecule has 0 spiro atoms. The lowest BCUT2D eigenvalue weighted by atomic mass is 10.0. The summed E-state index contributed by atoms with van der Waals surface area (Å²) in [6.07, 6.45) is -1.28. The van der Waals surface area contributed by atoms with Gasteiger partial charge in [-0.15, -0.1) is 0 Å². The van der Waals surface area contributed by atoms with E-state index < -0.39 is 176 Å². The number of benzene rings is 2. The van der Waals surface area contributed by atoms with E-state index in [0.29, 0.717) is 34.9 Å². The number of carboxylic acids is 1. The number of para-hydroxylation sites is 1. The maximum absolute atomic E-state index is 15.1. The molecule has 37 heteroatoms. The predicted molar refractivity (Wildman–Crippen MR) is 363 cm³/mol. The van der Waals surface area contributed by atoms with E-state index in [9.17, 15) is 58.5 Å². The first kappa shape index (κ1) is 81.8. The molecule has 0 radical (unpaired) electrons. The number of nitrogens with one attached hydrogen (secondary N) is 13. The van der Waals surface area contributed by atoms with Crippen molar-refractivity contribution in [1.29, 1.82) is 0 Å². The van der Waals surface area contributed by atoms with Crippen LogP contribution in [0.2, 0.25) is 0 Å². The molecule has 12 atom stereocenters. The first-order chi connectivity index (χ1) is 47.5. The summed E-state index contributed by atoms with van der Waals surface area (Å²) in [6, 6.07) is 1.46. The van der Waals surface area contributed by atoms with E-state index in [0.717, 1.165) is 0 Å². The lowest BCUT2D eigenvalue weighted by molar-refractivity contribution is -0.409. The van der Waals surface area contributed by atoms with Crippen molar-refractivity contribution in [2.45, 2.75) is 189 Å². The monoisotopic (exact) mass is 1410 g/mol. The minimum absolute atomic E-state index is 0.000973. The molecule has 1 aromatic heterocycles. The highest BCUT2D eigenvalue weighted by Crippen LogP contribution is 2.24. The Kier molecular flexibility index (Phi) is 33.6. The van der Waals surface area contributed by atoms with E-state index in [1.54, 1.807) is 54.7 Å². The number of rotatable bonds is 42. The molecule has 3 aromatic rings. The molecule has 100 heavy (non-hydrogen) atoms. The molecule has 0 bridgehead atoms. The van der Waals surface area contributed by atoms with E-state index >= 15 is 14.4 Å². The molecule has 0 saturated carbocycles. The zero-order valence-corrected chi connectivity index (χ0v) is 56.7. The normalized spacial score (nSPS) is 17.6. The van der Waals surface area contributed by atoms with Crippen molar-refractivity contribution < 1.29 is 78.6 Å². The first-order valence-electron chi connectivity index (χ1n) is 33.5. The number of nitrogens with two attached hydrogens (primary N) is 6. The van der Waals surface area contributed by atoms with Gasteiger partial charge in [0.15, 0.2) is 12.1 Å². The number of H-pyrrole nitrogens is 1. The second-order valence-electron chi connectivity index (χ2n) is 25.0. The summed E-state index contributed by atoms with van der Waals surface area (Å²) in [5.41, 5.74) is 39.8. The minimum Gasteiger partial charge on any atom is -0.480 e. The number of carbonyl (C=O) groups excluding carboxylic acids is 11. The maximum atomic E-state index is 15.1. The van der Waals surface area contributed by atoms with E-state index in [4.69, 9.17) is 34.4 Å². The van der Waals surface area contributed by atoms with Crippen LogP contribution in [0.3, 0.4) is 0 Å². The molecule has 0 unspecified atom stereocenters. The molecule has 2 fully saturated rings. The first-order valence-corrected chi connectivity index (χ1v) is 33.5. The van der Waals surface area contributed by atoms with Crippen LogP contribution in [0.25, 0.3) is 10.9 Å². The fraction of sp³-hybridized carbons (Fsp3) is 0.587. The van der Waals surface area contributed by atoms with Crippen molar-refractivity contribution in [3.63, 3.8) is 0 Å². The van der Waals surface area contributed by atoms with Crippen LogP contribution >= 0.6 is 0 Å². The van der Waals surface area contributed by atoms with Crippen molar-refractivity contribution in [2.24, 2.45) is 34.4 Å². The number of fused-ring (bicyclic) bond motifs is 1. The van der Waals surface area contributed by atoms with E-state index in [1.807, 2.05) is 6.07 Å². The molecule has 3 heterocycles. The molecule has 2 aromatic carbocycles. The summed E-state index contributed by atoms with van der Waals surface area (Å²) in [4.78, 5) is 172. The van der Waals surface area contributed by atoms with Crippen LogP contribution in [0, 0.1) is 0 Å². The van der Waals surface area contributed by atoms with E-state index in [1.165, 1.54) is 30.6 Å². The highest BCUT2D eigenvalue weighted by Gasteiger charge is 2.42. The van der Waals surface area contributed by atoms with Gasteiger partial charge in [0.05, 0.1) is 12.6 Å². The minimum atomic E-state index is -1.65. The van der Waals surface area contributed by atoms with Crippen molar-refractivity contribution in [1.82, 2.24) is 78.6 Å². The highest BCUT2D eigenvalue weighted by molar-refractivity contribution is 6.00. The lowest BCUT2D eigenvalue weighted by Crippen LogP contribution is -2.70. The molecule has 554 valence electrons. The number of carboxylic acid groups (broad SMARTS) is 1. The van der Waals surface area contributed by atoms with Crippen LogP contribution in [-0.2, 0) is 70.4 Å². The van der Waals surface area contributed by atoms with Crippen molar-refractivity contribution >= 4 is 81.9 Å². The molecule has 2 saturated heterocycles. The van der Waals surface area contributed by atoms with Crippen LogP contribution < -0.4 is 104 Å². The molecule has 2 aliphatic rings. The Bertz CT molecular complexity index is 3230. The third-order valence-electron chi connectivity index (χ3n) is 16.9. The quantitative estimate of drug-likeness (QED) is 0.0185. The van der Waals surface area contributed by atoms with Gasteiger partial charge in [-0.1, -0.05) is 48.5 Å². The van der Waals surface area contributed by atoms with Crippen LogP contribution in [0.1, 0.15) is 96.1 Å². The fourth-order valence-electron chi connectivity index (χ4n) is 11.5. The van der Waals surface area contributed by atoms with Gasteiger partial charge in [-0.3, -0.25) is 68.7 Å². The molecule has 2 aliphatic heterocycles. The Balaban J connectivity index is 1.38. The standard InChI is InChI=1S/C63H102N22O15/c1-33(76-52(91)39(64)32-86)50(89)78-41(18-9-23-71-61(65)66)53(92)81-44(29-37-30-74-40-17-8-7-16-38(37)40)55(94)79-42(19-10-24-72-62(67)68)54(93)82-45(28-36-14-5-4-6-15-36)59(98)85-27-13-22-47(85)57(96)77-34(2)51(90)80-43(20-11-25-73-63(69)70)58(97)84-26-12-21-46(84)56(95)75-31-48(88)83-49(35(3)87)60(99)100/h4-8,14-17,30,33-35,39,41-47,49,61-63,71-74,86-87H,9-13,18-29,31-32,64-70H2,1-3H3,(H,75,95)(H,76,91)(H,77,96)(H,78,89)(H,79,94)(H,80,90)(H,81,92)(H,82,93)(H,83,88)(H,99,100)/p+1/t33-,34-,35+,39-,41-,42-,43-,44-,45-,46-,47-,49-/m0/s1. The molecule has 31 N–H and O–H groups in total. The van der Waals surface area contributed by atoms with Gasteiger partial charge < -0.3 is 118 Å². The highest BCUT2D eigenvalue weighted by atomic mass is 16.4. The number of aliphatic hydroxyl groups is 2. The topological polar surface area (TPSA) is 616 Å². The summed E-state index contributed by atoms with van der Waals surface area (Å²) in [7, 11) is 0. The Morgan fingerprint density at radius 3 is 1.54 bits per heavy atom. The smallest absolute Gasteiger partial charge is 0.328 e. The van der Waals surface area contributed by atoms with Gasteiger partial charge >= 0.3 is 5.97 Å². The molecule has 0 aliphatic carbocycles. The van der Waals surface area contributed by atoms with Crippen LogP contribution in [0.15, 0.2) is 60.8 Å². The van der Waals surface area contributed by atoms with Crippen LogP contribution in [-0.4, -0.2) is 238 Å². The number of aliphatic hydroxyl groups excluding tert-OH is 2. The molecule has 11 amide bonds. The Morgan fingerprint density at radius 2 is 1.01 bits per heavy atom. The lowest BCUT2D eigenvalue weighted by Gasteiger charge is -2.31. The number of hydrogen-bond donors (Lipinski definition) is 23. The fourth-order valence-corrected chi connectivity index (χ4v) is 11.5. The average molecular weight is 1410 g/mol. The second kappa shape index (κ2) is 41.0. The Hall–Kier alpha value is -8.86. The maximum Gasteiger partial charge on any atom is 0.328 e. The number of aromatic nitrogens is 1. The SMILES string of the molecule is C[C@H](NC(=O)[C@@H]([NH3+])CO)C(=O)N[C@@H](CCCNC(N)N)C(=O)N[C@@H](Cc1c[nH]c2ccccc12)C(=O)N[C@@H](CCCNC(N)N)C(=O)N[C@@H](Cc1ccccc1)C(=O)N1CCC[C@H]1C(=O)N[C@@H](C)C(=O)N[C@@H](CCCNC(N)N)C(=O)N1CCC[C@H]1C(=O)NCC(=O)N[C@H](C(=O)O)[C@@H](C)O. The van der Waals surface area contributed by atoms with E-state index in [2.05, 4.69) is 74.5 Å². The number of aliphatic carboxylic acids is 1. The van der Waals surface area contributed by atoms with Gasteiger partial charge in [-0.05, 0) is 122 Å². The summed E-state index contributed by atoms with van der Waals surface area (Å²) in [6.45, 7) is 3.34. The number of likely N-dealkylation sites (tertiary alicyclic amines) is 2. The predicted octanol–water partition coefficient (Wildman–Crippen LogP) is -9.25. The van der Waals surface area contributed by atoms with Crippen LogP contribution in [0.4, 0.5) is 0 Å². The number of quaternary nitrogens is 1. The summed E-state index contributed by atoms with van der Waals surface area (Å²) in [5, 5.41) is 61.3. The second-order valence-corrected chi connectivity index (χ2v) is 25.0. The molecular weight excluding hydrogens is 1300 g/mol. The van der Waals surface area contributed by atoms with Crippen molar-refractivity contribution in [2.75, 3.05) is 45.9 Å². The van der Waals surface area contributed by atoms with Crippen molar-refractivity contribution in [3.05, 3.63) is 71.9 Å². The van der Waals surface area contributed by atoms with Gasteiger partial charge in [0.25, 0.3) is 5.91 Å². The third kappa shape index (κ3) is 26.0. The number of hydrogen-bond acceptors (Lipinski definition) is 23. The summed E-state index contributed by atoms with van der Waals surface area (Å²) < 4.78 is 0. The third-order valence-corrected chi connectivity index (χ3v) is 16.9. The number of amides is 11. The van der Waals surface area contributed by atoms with Gasteiger partial charge in [-0.25, -0.2) is 4.79 Å². The Morgan fingerprint density at radius 1 is 0.550 bits per heavy atom. The molecule has 37 nitrogen and oxygen atoms in total. The van der Waals surface area contributed by atoms with Crippen molar-refractivity contribution in [3.8, 4) is 0 Å². The Labute approximate surface area is 578 Å². The number of aromatic amines is 1. The zero-order valence-electron chi connectivity index (χ0n) is 56.7. The zero-order chi connectivity index (χ0) is 73.8. The van der Waals surface area contributed by atoms with Crippen LogP contribution in [0.5, 0.6) is 0 Å². The molecule has 5 rings (SSSR count). The summed E-state index contributed by atoms with van der Waals surface area (Å²) >= 11 is 0. The largest absolute Gasteiger partial charge is 0.480 e. The van der Waals surface area contributed by atoms with E-state index in [-0.39, 0.29) is 96.9 Å². The van der Waals surface area contributed by atoms with Gasteiger partial charge in [0, 0.05) is 43.0 Å². The van der Waals surface area contributed by atoms with Gasteiger partial charge in [-0.2, -0.15) is 0 Å².